The molecule has 0 aliphatic heterocycles. The van der Waals surface area contributed by atoms with Crippen molar-refractivity contribution < 1.29 is 14.7 Å². The van der Waals surface area contributed by atoms with E-state index in [0.717, 1.165) is 11.3 Å². The Bertz CT molecular complexity index is 362. The second kappa shape index (κ2) is 7.06. The molecular weight excluding hydrogens is 238 g/mol. The van der Waals surface area contributed by atoms with Crippen LogP contribution in [0.5, 0.6) is 0 Å². The third-order valence-electron chi connectivity index (χ3n) is 2.45. The van der Waals surface area contributed by atoms with E-state index in [1.807, 2.05) is 24.4 Å². The molecule has 1 rings (SSSR count). The van der Waals surface area contributed by atoms with E-state index in [1.54, 1.807) is 0 Å². The number of hydrogen-bond donors (Lipinski definition) is 2. The molecule has 0 saturated heterocycles. The van der Waals surface area contributed by atoms with Crippen molar-refractivity contribution in [3.63, 3.8) is 0 Å². The van der Waals surface area contributed by atoms with Crippen LogP contribution in [0.2, 0.25) is 0 Å². The van der Waals surface area contributed by atoms with Crippen LogP contribution in [0.15, 0.2) is 17.5 Å². The van der Waals surface area contributed by atoms with Crippen LogP contribution in [-0.2, 0) is 16.0 Å². The summed E-state index contributed by atoms with van der Waals surface area (Å²) in [6, 6.07) is 3.79. The fraction of sp³-hybridized carbons (Fsp3) is 0.500. The van der Waals surface area contributed by atoms with Crippen molar-refractivity contribution in [1.82, 2.24) is 5.32 Å². The molecule has 1 heterocycles. The van der Waals surface area contributed by atoms with Crippen molar-refractivity contribution in [1.29, 1.82) is 0 Å². The van der Waals surface area contributed by atoms with Gasteiger partial charge >= 0.3 is 5.97 Å². The van der Waals surface area contributed by atoms with Crippen LogP contribution in [0.25, 0.3) is 0 Å². The minimum Gasteiger partial charge on any atom is -0.481 e. The van der Waals surface area contributed by atoms with Gasteiger partial charge < -0.3 is 10.4 Å². The largest absolute Gasteiger partial charge is 0.481 e. The summed E-state index contributed by atoms with van der Waals surface area (Å²) in [6.07, 6.45) is 1.72. The van der Waals surface area contributed by atoms with Crippen LogP contribution in [-0.4, -0.2) is 23.5 Å². The zero-order valence-electron chi connectivity index (χ0n) is 9.81. The van der Waals surface area contributed by atoms with Gasteiger partial charge in [0, 0.05) is 11.4 Å². The fourth-order valence-corrected chi connectivity index (χ4v) is 2.24. The number of aliphatic carboxylic acids is 1. The van der Waals surface area contributed by atoms with E-state index in [1.165, 1.54) is 11.3 Å². The second-order valence-electron chi connectivity index (χ2n) is 3.88. The van der Waals surface area contributed by atoms with Crippen LogP contribution >= 0.6 is 11.3 Å². The second-order valence-corrected chi connectivity index (χ2v) is 4.92. The van der Waals surface area contributed by atoms with E-state index in [0.29, 0.717) is 12.8 Å². The minimum absolute atomic E-state index is 0.116. The number of nitrogens with one attached hydrogen (secondary N) is 1. The van der Waals surface area contributed by atoms with Gasteiger partial charge in [-0.1, -0.05) is 19.4 Å². The van der Waals surface area contributed by atoms with Gasteiger partial charge in [-0.25, -0.2) is 0 Å². The van der Waals surface area contributed by atoms with Gasteiger partial charge in [-0.15, -0.1) is 11.3 Å². The maximum atomic E-state index is 11.5. The molecule has 0 aliphatic rings. The SMILES string of the molecule is CCCC(CNC(=O)Cc1cccs1)C(=O)O. The van der Waals surface area contributed by atoms with Crippen molar-refractivity contribution >= 4 is 23.2 Å². The average Bonchev–Trinajstić information content (AvgIpc) is 2.76. The first kappa shape index (κ1) is 13.7. The Morgan fingerprint density at radius 3 is 2.82 bits per heavy atom. The van der Waals surface area contributed by atoms with E-state index >= 15 is 0 Å². The Morgan fingerprint density at radius 2 is 2.29 bits per heavy atom. The van der Waals surface area contributed by atoms with Crippen LogP contribution in [0.4, 0.5) is 0 Å². The molecule has 1 unspecified atom stereocenters. The number of carboxylic acid groups (broad SMARTS) is 1. The lowest BCUT2D eigenvalue weighted by molar-refractivity contribution is -0.141. The Morgan fingerprint density at radius 1 is 1.53 bits per heavy atom. The number of carbonyl (C=O) groups is 2. The number of thiophene rings is 1. The first-order valence-electron chi connectivity index (χ1n) is 5.65. The molecule has 94 valence electrons. The molecule has 5 heteroatoms. The van der Waals surface area contributed by atoms with Gasteiger partial charge in [0.2, 0.25) is 5.91 Å². The van der Waals surface area contributed by atoms with E-state index in [-0.39, 0.29) is 12.5 Å². The van der Waals surface area contributed by atoms with E-state index in [9.17, 15) is 9.59 Å². The summed E-state index contributed by atoms with van der Waals surface area (Å²) in [5, 5.41) is 13.5. The number of carbonyl (C=O) groups excluding carboxylic acids is 1. The van der Waals surface area contributed by atoms with Gasteiger partial charge in [0.15, 0.2) is 0 Å². The fourth-order valence-electron chi connectivity index (χ4n) is 1.53. The van der Waals surface area contributed by atoms with E-state index in [2.05, 4.69) is 5.32 Å². The van der Waals surface area contributed by atoms with Crippen molar-refractivity contribution in [2.24, 2.45) is 5.92 Å². The zero-order valence-corrected chi connectivity index (χ0v) is 10.6. The maximum absolute atomic E-state index is 11.5. The Labute approximate surface area is 105 Å². The zero-order chi connectivity index (χ0) is 12.7. The number of amides is 1. The van der Waals surface area contributed by atoms with Crippen molar-refractivity contribution in [2.75, 3.05) is 6.54 Å². The summed E-state index contributed by atoms with van der Waals surface area (Å²) >= 11 is 1.52. The van der Waals surface area contributed by atoms with Crippen LogP contribution < -0.4 is 5.32 Å². The average molecular weight is 255 g/mol. The number of rotatable bonds is 7. The Kier molecular flexibility index (Phi) is 5.69. The molecule has 2 N–H and O–H groups in total. The minimum atomic E-state index is -0.844. The molecule has 0 spiro atoms. The lowest BCUT2D eigenvalue weighted by Gasteiger charge is -2.11. The summed E-state index contributed by atoms with van der Waals surface area (Å²) < 4.78 is 0. The lowest BCUT2D eigenvalue weighted by Crippen LogP contribution is -2.33. The predicted octanol–water partition coefficient (Wildman–Crippen LogP) is 1.91. The topological polar surface area (TPSA) is 66.4 Å². The van der Waals surface area contributed by atoms with Gasteiger partial charge in [-0.05, 0) is 17.9 Å². The van der Waals surface area contributed by atoms with Gasteiger partial charge in [-0.3, -0.25) is 9.59 Å². The molecule has 0 aromatic carbocycles. The molecule has 0 aliphatic carbocycles. The predicted molar refractivity (Wildman–Crippen MR) is 67.1 cm³/mol. The summed E-state index contributed by atoms with van der Waals surface area (Å²) in [4.78, 5) is 23.4. The summed E-state index contributed by atoms with van der Waals surface area (Å²) in [6.45, 7) is 2.15. The van der Waals surface area contributed by atoms with E-state index < -0.39 is 11.9 Å². The van der Waals surface area contributed by atoms with Crippen LogP contribution in [0.3, 0.4) is 0 Å². The number of carboxylic acids is 1. The molecule has 0 saturated carbocycles. The highest BCUT2D eigenvalue weighted by Gasteiger charge is 2.17. The Hall–Kier alpha value is -1.36. The quantitative estimate of drug-likeness (QED) is 0.782. The molecule has 1 amide bonds. The smallest absolute Gasteiger partial charge is 0.308 e. The number of hydrogen-bond acceptors (Lipinski definition) is 3. The summed E-state index contributed by atoms with van der Waals surface area (Å²) in [5.74, 6) is -1.44. The van der Waals surface area contributed by atoms with Gasteiger partial charge in [0.05, 0.1) is 12.3 Å². The molecule has 0 fully saturated rings. The molecular formula is C12H17NO3S. The highest BCUT2D eigenvalue weighted by molar-refractivity contribution is 7.10. The normalized spacial score (nSPS) is 12.1. The summed E-state index contributed by atoms with van der Waals surface area (Å²) in [5.41, 5.74) is 0. The van der Waals surface area contributed by atoms with Gasteiger partial charge in [0.25, 0.3) is 0 Å². The maximum Gasteiger partial charge on any atom is 0.308 e. The van der Waals surface area contributed by atoms with Gasteiger partial charge in [-0.2, -0.15) is 0 Å². The van der Waals surface area contributed by atoms with Crippen LogP contribution in [0.1, 0.15) is 24.6 Å². The molecule has 1 aromatic rings. The molecule has 1 aromatic heterocycles. The highest BCUT2D eigenvalue weighted by Crippen LogP contribution is 2.09. The molecule has 0 bridgehead atoms. The standard InChI is InChI=1S/C12H17NO3S/c1-2-4-9(12(15)16)8-13-11(14)7-10-5-3-6-17-10/h3,5-6,9H,2,4,7-8H2,1H3,(H,13,14)(H,15,16). The van der Waals surface area contributed by atoms with Crippen LogP contribution in [0, 0.1) is 5.92 Å². The third kappa shape index (κ3) is 4.99. The summed E-state index contributed by atoms with van der Waals surface area (Å²) in [7, 11) is 0. The lowest BCUT2D eigenvalue weighted by atomic mass is 10.0. The van der Waals surface area contributed by atoms with Crippen molar-refractivity contribution in [2.45, 2.75) is 26.2 Å². The third-order valence-corrected chi connectivity index (χ3v) is 3.32. The Balaban J connectivity index is 2.33. The first-order valence-corrected chi connectivity index (χ1v) is 6.53. The molecule has 1 atom stereocenters. The monoisotopic (exact) mass is 255 g/mol. The van der Waals surface area contributed by atoms with Gasteiger partial charge in [0.1, 0.15) is 0 Å². The van der Waals surface area contributed by atoms with Crippen molar-refractivity contribution in [3.8, 4) is 0 Å². The highest BCUT2D eigenvalue weighted by atomic mass is 32.1. The molecule has 17 heavy (non-hydrogen) atoms. The van der Waals surface area contributed by atoms with E-state index in [4.69, 9.17) is 5.11 Å². The first-order chi connectivity index (χ1) is 8.13. The molecule has 4 nitrogen and oxygen atoms in total. The molecule has 0 radical (unpaired) electrons. The van der Waals surface area contributed by atoms with Crippen molar-refractivity contribution in [3.05, 3.63) is 22.4 Å².